The third kappa shape index (κ3) is 3.99. The van der Waals surface area contributed by atoms with Crippen LogP contribution in [0.25, 0.3) is 33.4 Å². The molecule has 0 atom stereocenters. The van der Waals surface area contributed by atoms with E-state index in [-0.39, 0.29) is 9.79 Å². The van der Waals surface area contributed by atoms with Crippen LogP contribution in [0.4, 0.5) is 0 Å². The van der Waals surface area contributed by atoms with Crippen molar-refractivity contribution in [3.05, 3.63) is 84.9 Å². The maximum Gasteiger partial charge on any atom is 0.294 e. The van der Waals surface area contributed by atoms with E-state index in [1.165, 1.54) is 24.3 Å². The Labute approximate surface area is 198 Å². The molecule has 4 aromatic rings. The van der Waals surface area contributed by atoms with E-state index in [0.717, 1.165) is 22.3 Å². The molecule has 7 nitrogen and oxygen atoms in total. The number of hydrogen-bond acceptors (Lipinski definition) is 5. The van der Waals surface area contributed by atoms with Gasteiger partial charge in [-0.1, -0.05) is 48.5 Å². The van der Waals surface area contributed by atoms with Gasteiger partial charge in [0.1, 0.15) is 0 Å². The summed E-state index contributed by atoms with van der Waals surface area (Å²) in [5.41, 5.74) is 4.59. The number of hydrogen-bond donors (Lipinski definition) is 2. The quantitative estimate of drug-likeness (QED) is 0.335. The van der Waals surface area contributed by atoms with Gasteiger partial charge in [0.2, 0.25) is 0 Å². The first kappa shape index (κ1) is 22.6. The lowest BCUT2D eigenvalue weighted by molar-refractivity contribution is 0.481. The molecule has 0 bridgehead atoms. The highest BCUT2D eigenvalue weighted by Crippen LogP contribution is 2.43. The predicted octanol–water partition coefficient (Wildman–Crippen LogP) is 4.66. The average Bonchev–Trinajstić information content (AvgIpc) is 3.09. The molecule has 0 amide bonds. The largest absolute Gasteiger partial charge is 0.294 e. The first-order chi connectivity index (χ1) is 16.0. The van der Waals surface area contributed by atoms with Crippen molar-refractivity contribution in [3.63, 3.8) is 0 Å². The van der Waals surface area contributed by atoms with Gasteiger partial charge in [-0.25, -0.2) is 4.21 Å². The van der Waals surface area contributed by atoms with Gasteiger partial charge in [-0.2, -0.15) is 16.8 Å². The van der Waals surface area contributed by atoms with E-state index in [1.807, 2.05) is 24.3 Å². The number of benzene rings is 4. The van der Waals surface area contributed by atoms with Crippen molar-refractivity contribution in [1.29, 1.82) is 0 Å². The molecule has 0 spiro atoms. The maximum atomic E-state index is 13.3. The highest BCUT2D eigenvalue weighted by Gasteiger charge is 2.26. The second kappa shape index (κ2) is 7.97. The second-order valence-corrected chi connectivity index (χ2v) is 11.9. The van der Waals surface area contributed by atoms with Crippen LogP contribution in [0.3, 0.4) is 0 Å². The van der Waals surface area contributed by atoms with Crippen molar-refractivity contribution in [3.8, 4) is 33.4 Å². The van der Waals surface area contributed by atoms with Gasteiger partial charge in [-0.05, 0) is 69.8 Å². The van der Waals surface area contributed by atoms with Crippen molar-refractivity contribution in [2.24, 2.45) is 0 Å². The monoisotopic (exact) mass is 512 g/mol. The van der Waals surface area contributed by atoms with E-state index < -0.39 is 31.0 Å². The number of rotatable bonds is 4. The van der Waals surface area contributed by atoms with Gasteiger partial charge in [0.15, 0.2) is 0 Å². The molecule has 10 heteroatoms. The first-order valence-electron chi connectivity index (χ1n) is 9.88. The van der Waals surface area contributed by atoms with Crippen molar-refractivity contribution in [1.82, 2.24) is 0 Å². The maximum absolute atomic E-state index is 13.3. The average molecular weight is 513 g/mol. The molecule has 0 saturated heterocycles. The molecule has 1 aliphatic rings. The fraction of sp³-hybridized carbons (Fsp3) is 0. The van der Waals surface area contributed by atoms with Crippen LogP contribution in [-0.4, -0.2) is 30.1 Å². The van der Waals surface area contributed by atoms with Crippen molar-refractivity contribution in [2.75, 3.05) is 0 Å². The van der Waals surface area contributed by atoms with Gasteiger partial charge in [-0.15, -0.1) is 0 Å². The second-order valence-electron chi connectivity index (χ2n) is 7.69. The van der Waals surface area contributed by atoms with E-state index in [2.05, 4.69) is 0 Å². The van der Waals surface area contributed by atoms with Gasteiger partial charge < -0.3 is 0 Å². The smallest absolute Gasteiger partial charge is 0.282 e. The molecule has 0 unspecified atom stereocenters. The third-order valence-electron chi connectivity index (χ3n) is 5.62. The molecule has 1 aliphatic heterocycles. The van der Waals surface area contributed by atoms with Crippen LogP contribution < -0.4 is 0 Å². The van der Waals surface area contributed by atoms with E-state index in [0.29, 0.717) is 20.9 Å². The zero-order valence-corrected chi connectivity index (χ0v) is 19.7. The Morgan fingerprint density at radius 1 is 0.500 bits per heavy atom. The lowest BCUT2D eigenvalue weighted by Crippen LogP contribution is -1.97. The molecular formula is C24H16O7S3. The Kier molecular flexibility index (Phi) is 5.30. The Morgan fingerprint density at radius 2 is 0.824 bits per heavy atom. The van der Waals surface area contributed by atoms with Gasteiger partial charge in [-0.3, -0.25) is 9.11 Å². The molecule has 0 radical (unpaired) electrons. The van der Waals surface area contributed by atoms with Crippen LogP contribution in [-0.2, 0) is 31.0 Å². The molecule has 0 aromatic heterocycles. The normalized spacial score (nSPS) is 13.5. The molecule has 0 aliphatic carbocycles. The Hall–Kier alpha value is -3.15. The van der Waals surface area contributed by atoms with Crippen LogP contribution in [0.5, 0.6) is 0 Å². The summed E-state index contributed by atoms with van der Waals surface area (Å²) in [5.74, 6) is 0. The minimum atomic E-state index is -4.28. The number of fused-ring (bicyclic) bond motifs is 3. The van der Waals surface area contributed by atoms with Gasteiger partial charge in [0, 0.05) is 0 Å². The topological polar surface area (TPSA) is 126 Å². The van der Waals surface area contributed by atoms with Gasteiger partial charge >= 0.3 is 0 Å². The van der Waals surface area contributed by atoms with Crippen LogP contribution >= 0.6 is 0 Å². The Bertz CT molecular complexity index is 1560. The van der Waals surface area contributed by atoms with E-state index in [9.17, 15) is 21.0 Å². The lowest BCUT2D eigenvalue weighted by Gasteiger charge is -2.06. The molecule has 34 heavy (non-hydrogen) atoms. The summed E-state index contributed by atoms with van der Waals surface area (Å²) in [6.07, 6.45) is 0. The zero-order valence-electron chi connectivity index (χ0n) is 17.2. The zero-order chi connectivity index (χ0) is 24.3. The summed E-state index contributed by atoms with van der Waals surface area (Å²) in [5, 5.41) is 0. The standard InChI is InChI=1S/C24H16O7S3/c25-32-23-13-17(15-1-7-19(8-2-15)33(26,27)28)5-11-21(23)22-12-6-18(14-24(22)32)16-3-9-20(10-4-16)34(29,30)31/h1-14H,(H,26,27,28)(H,29,30,31). The summed E-state index contributed by atoms with van der Waals surface area (Å²) in [6.45, 7) is 0. The van der Waals surface area contributed by atoms with Crippen molar-refractivity contribution in [2.45, 2.75) is 19.6 Å². The predicted molar refractivity (Wildman–Crippen MR) is 127 cm³/mol. The highest BCUT2D eigenvalue weighted by molar-refractivity contribution is 7.86. The summed E-state index contributed by atoms with van der Waals surface area (Å²) < 4.78 is 76.7. The van der Waals surface area contributed by atoms with Gasteiger partial charge in [0.05, 0.1) is 30.4 Å². The fourth-order valence-electron chi connectivity index (χ4n) is 3.91. The summed E-state index contributed by atoms with van der Waals surface area (Å²) in [7, 11) is -10.0. The van der Waals surface area contributed by atoms with Crippen LogP contribution in [0.1, 0.15) is 0 Å². The molecule has 4 aromatic carbocycles. The van der Waals surface area contributed by atoms with Crippen LogP contribution in [0, 0.1) is 0 Å². The molecule has 172 valence electrons. The molecular weight excluding hydrogens is 496 g/mol. The van der Waals surface area contributed by atoms with E-state index in [1.54, 1.807) is 36.4 Å². The minimum absolute atomic E-state index is 0.203. The van der Waals surface area contributed by atoms with Crippen molar-refractivity contribution < 1.29 is 30.1 Å². The Balaban J connectivity index is 1.50. The molecule has 0 saturated carbocycles. The van der Waals surface area contributed by atoms with E-state index >= 15 is 0 Å². The summed E-state index contributed by atoms with van der Waals surface area (Å²) in [4.78, 5) is 0.853. The summed E-state index contributed by atoms with van der Waals surface area (Å²) in [6, 6.07) is 22.6. The molecule has 1 heterocycles. The first-order valence-corrected chi connectivity index (χ1v) is 13.9. The highest BCUT2D eigenvalue weighted by atomic mass is 32.2. The lowest BCUT2D eigenvalue weighted by atomic mass is 9.98. The summed E-state index contributed by atoms with van der Waals surface area (Å²) >= 11 is 0. The van der Waals surface area contributed by atoms with Crippen LogP contribution in [0.15, 0.2) is 105 Å². The third-order valence-corrected chi connectivity index (χ3v) is 8.83. The van der Waals surface area contributed by atoms with Crippen molar-refractivity contribution >= 4 is 31.0 Å². The molecule has 2 N–H and O–H groups in total. The van der Waals surface area contributed by atoms with Gasteiger partial charge in [0.25, 0.3) is 20.2 Å². The van der Waals surface area contributed by atoms with Crippen LogP contribution in [0.2, 0.25) is 0 Å². The molecule has 5 rings (SSSR count). The SMILES string of the molecule is O=S1c2cc(-c3ccc(S(=O)(=O)O)cc3)ccc2-c2ccc(-c3ccc(S(=O)(=O)O)cc3)cc21. The molecule has 0 fully saturated rings. The Morgan fingerprint density at radius 3 is 1.15 bits per heavy atom. The minimum Gasteiger partial charge on any atom is -0.282 e. The van der Waals surface area contributed by atoms with E-state index in [4.69, 9.17) is 9.11 Å². The fourth-order valence-corrected chi connectivity index (χ4v) is 6.33.